The van der Waals surface area contributed by atoms with E-state index in [0.717, 1.165) is 10.7 Å². The number of H-pyrrole nitrogens is 2. The number of thiazole rings is 1. The third-order valence-corrected chi connectivity index (χ3v) is 4.25. The van der Waals surface area contributed by atoms with Gasteiger partial charge >= 0.3 is 5.69 Å². The fourth-order valence-electron chi connectivity index (χ4n) is 1.18. The molecule has 0 aromatic carbocycles. The Morgan fingerprint density at radius 3 is 2.76 bits per heavy atom. The highest BCUT2D eigenvalue weighted by Crippen LogP contribution is 2.27. The minimum Gasteiger partial charge on any atom is -0.284 e. The zero-order chi connectivity index (χ0) is 12.5. The Morgan fingerprint density at radius 2 is 2.24 bits per heavy atom. The maximum absolute atomic E-state index is 10.8. The fraction of sp³-hybridized carbons (Fsp3) is 0.500. The molecule has 0 saturated heterocycles. The lowest BCUT2D eigenvalue weighted by atomic mass is 9.98. The van der Waals surface area contributed by atoms with Crippen molar-refractivity contribution in [2.24, 2.45) is 0 Å². The van der Waals surface area contributed by atoms with Gasteiger partial charge in [0.1, 0.15) is 0 Å². The van der Waals surface area contributed by atoms with Gasteiger partial charge in [-0.05, 0) is 0 Å². The number of nitrogens with one attached hydrogen (secondary N) is 2. The quantitative estimate of drug-likeness (QED) is 0.838. The molecule has 2 rings (SSSR count). The number of aromatic nitrogens is 4. The summed E-state index contributed by atoms with van der Waals surface area (Å²) in [4.78, 5) is 18.0. The van der Waals surface area contributed by atoms with Gasteiger partial charge in [0.05, 0.1) is 10.7 Å². The third kappa shape index (κ3) is 3.19. The molecule has 0 fully saturated rings. The summed E-state index contributed by atoms with van der Waals surface area (Å²) in [6, 6.07) is 0. The minimum absolute atomic E-state index is 0.0915. The van der Waals surface area contributed by atoms with Gasteiger partial charge in [0.25, 0.3) is 0 Å². The summed E-state index contributed by atoms with van der Waals surface area (Å²) < 4.78 is 0. The molecule has 7 heteroatoms. The molecule has 0 aliphatic heterocycles. The first-order chi connectivity index (χ1) is 7.95. The van der Waals surface area contributed by atoms with Crippen LogP contribution in [0.15, 0.2) is 15.3 Å². The Kier molecular flexibility index (Phi) is 3.39. The zero-order valence-electron chi connectivity index (χ0n) is 9.90. The van der Waals surface area contributed by atoms with Gasteiger partial charge in [-0.3, -0.25) is 4.98 Å². The average molecular weight is 270 g/mol. The summed E-state index contributed by atoms with van der Waals surface area (Å²) in [5.74, 6) is 0.716. The summed E-state index contributed by atoms with van der Waals surface area (Å²) in [5.41, 5.74) is 0.837. The second-order valence-electron chi connectivity index (χ2n) is 4.67. The molecule has 2 aromatic heterocycles. The Labute approximate surface area is 107 Å². The van der Waals surface area contributed by atoms with Crippen LogP contribution in [0.5, 0.6) is 0 Å². The molecule has 2 aromatic rings. The molecule has 0 bridgehead atoms. The monoisotopic (exact) mass is 270 g/mol. The molecule has 0 atom stereocenters. The van der Waals surface area contributed by atoms with Crippen molar-refractivity contribution in [1.29, 1.82) is 0 Å². The highest BCUT2D eigenvalue weighted by Gasteiger charge is 2.17. The van der Waals surface area contributed by atoms with Crippen molar-refractivity contribution in [3.8, 4) is 0 Å². The van der Waals surface area contributed by atoms with E-state index >= 15 is 0 Å². The first kappa shape index (κ1) is 12.4. The SMILES string of the molecule is CC(C)(C)c1nc(CSc2n[nH]c(=O)[nH]2)cs1. The summed E-state index contributed by atoms with van der Waals surface area (Å²) in [5, 5.41) is 9.95. The molecule has 2 heterocycles. The van der Waals surface area contributed by atoms with Crippen LogP contribution in [-0.4, -0.2) is 20.2 Å². The highest BCUT2D eigenvalue weighted by molar-refractivity contribution is 7.98. The molecule has 0 spiro atoms. The van der Waals surface area contributed by atoms with E-state index < -0.39 is 0 Å². The molecule has 0 radical (unpaired) electrons. The van der Waals surface area contributed by atoms with Crippen LogP contribution in [0, 0.1) is 0 Å². The van der Waals surface area contributed by atoms with Crippen molar-refractivity contribution in [3.63, 3.8) is 0 Å². The van der Waals surface area contributed by atoms with Crippen LogP contribution in [0.4, 0.5) is 0 Å². The van der Waals surface area contributed by atoms with Gasteiger partial charge in [-0.25, -0.2) is 14.9 Å². The number of nitrogens with zero attached hydrogens (tertiary/aromatic N) is 2. The molecule has 0 unspecified atom stereocenters. The van der Waals surface area contributed by atoms with E-state index in [1.807, 2.05) is 0 Å². The average Bonchev–Trinajstić information content (AvgIpc) is 2.82. The molecule has 17 heavy (non-hydrogen) atoms. The summed E-state index contributed by atoms with van der Waals surface area (Å²) >= 11 is 3.14. The molecule has 0 amide bonds. The summed E-state index contributed by atoms with van der Waals surface area (Å²) in [6.45, 7) is 6.44. The van der Waals surface area contributed by atoms with E-state index in [1.165, 1.54) is 11.8 Å². The van der Waals surface area contributed by atoms with Gasteiger partial charge in [0, 0.05) is 16.5 Å². The standard InChI is InChI=1S/C10H14N4OS2/c1-10(2,3)7-11-6(4-16-7)5-17-9-12-8(15)13-14-9/h4H,5H2,1-3H3,(H2,12,13,14,15). The number of hydrogen-bond acceptors (Lipinski definition) is 5. The lowest BCUT2D eigenvalue weighted by molar-refractivity contribution is 0.584. The predicted molar refractivity (Wildman–Crippen MR) is 69.6 cm³/mol. The van der Waals surface area contributed by atoms with Crippen molar-refractivity contribution in [2.45, 2.75) is 37.1 Å². The topological polar surface area (TPSA) is 74.4 Å². The van der Waals surface area contributed by atoms with Crippen LogP contribution in [0.3, 0.4) is 0 Å². The second kappa shape index (κ2) is 4.66. The molecule has 2 N–H and O–H groups in total. The van der Waals surface area contributed by atoms with E-state index in [4.69, 9.17) is 0 Å². The van der Waals surface area contributed by atoms with E-state index in [2.05, 4.69) is 46.3 Å². The number of hydrogen-bond donors (Lipinski definition) is 2. The minimum atomic E-state index is -0.277. The van der Waals surface area contributed by atoms with E-state index in [1.54, 1.807) is 11.3 Å². The smallest absolute Gasteiger partial charge is 0.284 e. The van der Waals surface area contributed by atoms with Crippen LogP contribution in [-0.2, 0) is 11.2 Å². The van der Waals surface area contributed by atoms with Crippen LogP contribution in [0.25, 0.3) is 0 Å². The van der Waals surface area contributed by atoms with Gasteiger partial charge in [-0.2, -0.15) is 0 Å². The van der Waals surface area contributed by atoms with Crippen molar-refractivity contribution >= 4 is 23.1 Å². The highest BCUT2D eigenvalue weighted by atomic mass is 32.2. The van der Waals surface area contributed by atoms with Crippen LogP contribution < -0.4 is 5.69 Å². The van der Waals surface area contributed by atoms with Gasteiger partial charge in [0.2, 0.25) is 0 Å². The Morgan fingerprint density at radius 1 is 1.47 bits per heavy atom. The first-order valence-electron chi connectivity index (χ1n) is 5.17. The lowest BCUT2D eigenvalue weighted by Crippen LogP contribution is -2.10. The van der Waals surface area contributed by atoms with Crippen molar-refractivity contribution < 1.29 is 0 Å². The van der Waals surface area contributed by atoms with E-state index in [-0.39, 0.29) is 11.1 Å². The molecule has 92 valence electrons. The van der Waals surface area contributed by atoms with Crippen molar-refractivity contribution in [1.82, 2.24) is 20.2 Å². The molecular weight excluding hydrogens is 256 g/mol. The fourth-order valence-corrected chi connectivity index (χ4v) is 2.90. The summed E-state index contributed by atoms with van der Waals surface area (Å²) in [6.07, 6.45) is 0. The maximum Gasteiger partial charge on any atom is 0.341 e. The summed E-state index contributed by atoms with van der Waals surface area (Å²) in [7, 11) is 0. The largest absolute Gasteiger partial charge is 0.341 e. The molecule has 5 nitrogen and oxygen atoms in total. The number of aromatic amines is 2. The molecule has 0 aliphatic carbocycles. The normalized spacial score (nSPS) is 11.9. The first-order valence-corrected chi connectivity index (χ1v) is 7.04. The predicted octanol–water partition coefficient (Wildman–Crippen LogP) is 2.14. The number of thioether (sulfide) groups is 1. The van der Waals surface area contributed by atoms with Crippen molar-refractivity contribution in [2.75, 3.05) is 0 Å². The molecular formula is C10H14N4OS2. The maximum atomic E-state index is 10.8. The Bertz CT molecular complexity index is 549. The third-order valence-electron chi connectivity index (χ3n) is 2.03. The van der Waals surface area contributed by atoms with Gasteiger partial charge in [-0.1, -0.05) is 32.5 Å². The van der Waals surface area contributed by atoms with Gasteiger partial charge in [-0.15, -0.1) is 16.4 Å². The number of rotatable bonds is 3. The van der Waals surface area contributed by atoms with Gasteiger partial charge in [0.15, 0.2) is 5.16 Å². The van der Waals surface area contributed by atoms with Crippen LogP contribution in [0.2, 0.25) is 0 Å². The van der Waals surface area contributed by atoms with Crippen LogP contribution >= 0.6 is 23.1 Å². The Balaban J connectivity index is 2.00. The van der Waals surface area contributed by atoms with Gasteiger partial charge < -0.3 is 0 Å². The van der Waals surface area contributed by atoms with E-state index in [0.29, 0.717) is 10.9 Å². The molecule has 0 saturated carbocycles. The van der Waals surface area contributed by atoms with E-state index in [9.17, 15) is 4.79 Å². The van der Waals surface area contributed by atoms with Crippen molar-refractivity contribution in [3.05, 3.63) is 26.6 Å². The second-order valence-corrected chi connectivity index (χ2v) is 6.49. The molecule has 0 aliphatic rings. The lowest BCUT2D eigenvalue weighted by Gasteiger charge is -2.13. The Hall–Kier alpha value is -1.08. The van der Waals surface area contributed by atoms with Crippen LogP contribution in [0.1, 0.15) is 31.5 Å². The zero-order valence-corrected chi connectivity index (χ0v) is 11.5.